The van der Waals surface area contributed by atoms with Crippen LogP contribution in [0.2, 0.25) is 0 Å². The monoisotopic (exact) mass is 404 g/mol. The van der Waals surface area contributed by atoms with Gasteiger partial charge in [0.05, 0.1) is 0 Å². The van der Waals surface area contributed by atoms with Gasteiger partial charge in [0.2, 0.25) is 17.7 Å². The molecule has 1 aliphatic heterocycles. The summed E-state index contributed by atoms with van der Waals surface area (Å²) in [6.07, 6.45) is 2.76. The van der Waals surface area contributed by atoms with Crippen molar-refractivity contribution in [3.8, 4) is 11.5 Å². The molecule has 6 nitrogen and oxygen atoms in total. The van der Waals surface area contributed by atoms with Crippen molar-refractivity contribution in [1.82, 2.24) is 20.4 Å². The van der Waals surface area contributed by atoms with Crippen molar-refractivity contribution in [2.45, 2.75) is 44.7 Å². The van der Waals surface area contributed by atoms with E-state index in [4.69, 9.17) is 4.42 Å². The third kappa shape index (κ3) is 5.13. The number of hydrogen-bond donors (Lipinski definition) is 1. The summed E-state index contributed by atoms with van der Waals surface area (Å²) < 4.78 is 5.71. The van der Waals surface area contributed by atoms with Crippen LogP contribution in [0.15, 0.2) is 65.1 Å². The molecule has 30 heavy (non-hydrogen) atoms. The molecule has 0 spiro atoms. The predicted octanol–water partition coefficient (Wildman–Crippen LogP) is 4.01. The number of rotatable bonds is 8. The fraction of sp³-hybridized carbons (Fsp3) is 0.375. The Balaban J connectivity index is 1.19. The molecule has 1 amide bonds. The number of nitrogens with one attached hydrogen (secondary N) is 1. The third-order valence-electron chi connectivity index (χ3n) is 5.70. The fourth-order valence-corrected chi connectivity index (χ4v) is 3.95. The minimum Gasteiger partial charge on any atom is -0.421 e. The van der Waals surface area contributed by atoms with Gasteiger partial charge < -0.3 is 9.73 Å². The smallest absolute Gasteiger partial charge is 0.247 e. The summed E-state index contributed by atoms with van der Waals surface area (Å²) in [5.74, 6) is 1.19. The summed E-state index contributed by atoms with van der Waals surface area (Å²) in [6.45, 7) is 4.13. The highest BCUT2D eigenvalue weighted by atomic mass is 16.4. The van der Waals surface area contributed by atoms with E-state index in [2.05, 4.69) is 51.6 Å². The van der Waals surface area contributed by atoms with Gasteiger partial charge in [0.15, 0.2) is 0 Å². The molecule has 0 aliphatic carbocycles. The van der Waals surface area contributed by atoms with Gasteiger partial charge in [0.1, 0.15) is 0 Å². The Morgan fingerprint density at radius 3 is 2.63 bits per heavy atom. The number of amides is 1. The molecule has 6 heteroatoms. The Hall–Kier alpha value is -2.99. The topological polar surface area (TPSA) is 71.3 Å². The average molecular weight is 405 g/mol. The van der Waals surface area contributed by atoms with Gasteiger partial charge in [-0.2, -0.15) is 0 Å². The highest BCUT2D eigenvalue weighted by molar-refractivity contribution is 5.76. The van der Waals surface area contributed by atoms with Crippen LogP contribution in [-0.2, 0) is 11.2 Å². The van der Waals surface area contributed by atoms with Crippen molar-refractivity contribution in [3.05, 3.63) is 72.1 Å². The molecule has 1 aromatic heterocycles. The van der Waals surface area contributed by atoms with E-state index >= 15 is 0 Å². The molecule has 0 saturated carbocycles. The zero-order chi connectivity index (χ0) is 20.8. The first-order chi connectivity index (χ1) is 14.7. The highest BCUT2D eigenvalue weighted by Crippen LogP contribution is 2.24. The summed E-state index contributed by atoms with van der Waals surface area (Å²) >= 11 is 0. The van der Waals surface area contributed by atoms with E-state index in [1.165, 1.54) is 5.56 Å². The molecule has 2 unspecified atom stereocenters. The molecular weight excluding hydrogens is 376 g/mol. The van der Waals surface area contributed by atoms with Gasteiger partial charge in [-0.1, -0.05) is 48.5 Å². The van der Waals surface area contributed by atoms with Crippen molar-refractivity contribution in [2.75, 3.05) is 13.1 Å². The van der Waals surface area contributed by atoms with Crippen LogP contribution in [0.1, 0.15) is 43.7 Å². The zero-order valence-corrected chi connectivity index (χ0v) is 17.3. The van der Waals surface area contributed by atoms with Crippen molar-refractivity contribution < 1.29 is 9.21 Å². The van der Waals surface area contributed by atoms with Crippen LogP contribution in [0.3, 0.4) is 0 Å². The van der Waals surface area contributed by atoms with Gasteiger partial charge >= 0.3 is 0 Å². The number of benzene rings is 2. The van der Waals surface area contributed by atoms with Crippen LogP contribution >= 0.6 is 0 Å². The van der Waals surface area contributed by atoms with E-state index < -0.39 is 0 Å². The predicted molar refractivity (Wildman–Crippen MR) is 116 cm³/mol. The number of likely N-dealkylation sites (tertiary alicyclic amines) is 1. The van der Waals surface area contributed by atoms with Gasteiger partial charge in [0, 0.05) is 43.6 Å². The molecule has 0 bridgehead atoms. The largest absolute Gasteiger partial charge is 0.421 e. The fourth-order valence-electron chi connectivity index (χ4n) is 3.95. The Morgan fingerprint density at radius 2 is 1.87 bits per heavy atom. The molecule has 3 aromatic rings. The lowest BCUT2D eigenvalue weighted by molar-refractivity contribution is -0.121. The van der Waals surface area contributed by atoms with Crippen LogP contribution < -0.4 is 5.32 Å². The second-order valence-corrected chi connectivity index (χ2v) is 7.86. The minimum atomic E-state index is 0.0945. The Kier molecular flexibility index (Phi) is 6.54. The number of carbonyl (C=O) groups excluding carboxylic acids is 1. The first-order valence-electron chi connectivity index (χ1n) is 10.6. The van der Waals surface area contributed by atoms with Gasteiger partial charge in [0.25, 0.3) is 0 Å². The van der Waals surface area contributed by atoms with Crippen molar-refractivity contribution in [2.24, 2.45) is 0 Å². The molecule has 2 atom stereocenters. The highest BCUT2D eigenvalue weighted by Gasteiger charge is 2.27. The molecule has 1 fully saturated rings. The standard InChI is InChI=1S/C24H28N4O2/c1-18(19-9-4-2-5-10-19)28-16-15-21(17-28)25-22(29)13-8-14-23-26-27-24(30-23)20-11-6-3-7-12-20/h2-7,9-12,18,21H,8,13-17H2,1H3,(H,25,29). The van der Waals surface area contributed by atoms with Crippen LogP contribution in [0.5, 0.6) is 0 Å². The molecule has 1 aliphatic rings. The quantitative estimate of drug-likeness (QED) is 0.614. The van der Waals surface area contributed by atoms with Crippen LogP contribution in [-0.4, -0.2) is 40.1 Å². The summed E-state index contributed by atoms with van der Waals surface area (Å²) in [6, 6.07) is 20.8. The minimum absolute atomic E-state index is 0.0945. The van der Waals surface area contributed by atoms with E-state index in [0.29, 0.717) is 37.1 Å². The van der Waals surface area contributed by atoms with Gasteiger partial charge in [-0.05, 0) is 37.5 Å². The Labute approximate surface area is 177 Å². The Morgan fingerprint density at radius 1 is 1.13 bits per heavy atom. The summed E-state index contributed by atoms with van der Waals surface area (Å²) in [4.78, 5) is 14.8. The van der Waals surface area contributed by atoms with E-state index in [-0.39, 0.29) is 11.9 Å². The second kappa shape index (κ2) is 9.67. The zero-order valence-electron chi connectivity index (χ0n) is 17.3. The lowest BCUT2D eigenvalue weighted by atomic mass is 10.1. The maximum Gasteiger partial charge on any atom is 0.247 e. The Bertz CT molecular complexity index is 942. The van der Waals surface area contributed by atoms with E-state index in [1.807, 2.05) is 36.4 Å². The number of aryl methyl sites for hydroxylation is 1. The van der Waals surface area contributed by atoms with E-state index in [9.17, 15) is 4.79 Å². The normalized spacial score (nSPS) is 17.7. The molecule has 1 saturated heterocycles. The van der Waals surface area contributed by atoms with E-state index in [0.717, 1.165) is 25.1 Å². The maximum atomic E-state index is 12.4. The first-order valence-corrected chi connectivity index (χ1v) is 10.6. The van der Waals surface area contributed by atoms with Gasteiger partial charge in [-0.25, -0.2) is 0 Å². The number of aromatic nitrogens is 2. The molecule has 2 heterocycles. The molecule has 156 valence electrons. The van der Waals surface area contributed by atoms with Crippen molar-refractivity contribution in [3.63, 3.8) is 0 Å². The summed E-state index contributed by atoms with van der Waals surface area (Å²) in [7, 11) is 0. The molecular formula is C24H28N4O2. The summed E-state index contributed by atoms with van der Waals surface area (Å²) in [5.41, 5.74) is 2.23. The van der Waals surface area contributed by atoms with Crippen molar-refractivity contribution >= 4 is 5.91 Å². The SMILES string of the molecule is CC(c1ccccc1)N1CCC(NC(=O)CCCc2nnc(-c3ccccc3)o2)C1. The number of nitrogens with zero attached hydrogens (tertiary/aromatic N) is 3. The molecule has 2 aromatic carbocycles. The second-order valence-electron chi connectivity index (χ2n) is 7.86. The lowest BCUT2D eigenvalue weighted by Crippen LogP contribution is -2.37. The number of hydrogen-bond acceptors (Lipinski definition) is 5. The molecule has 0 radical (unpaired) electrons. The summed E-state index contributed by atoms with van der Waals surface area (Å²) in [5, 5.41) is 11.4. The van der Waals surface area contributed by atoms with E-state index in [1.54, 1.807) is 0 Å². The van der Waals surface area contributed by atoms with Crippen LogP contribution in [0.25, 0.3) is 11.5 Å². The third-order valence-corrected chi connectivity index (χ3v) is 5.70. The first kappa shape index (κ1) is 20.3. The average Bonchev–Trinajstić information content (AvgIpc) is 3.44. The van der Waals surface area contributed by atoms with Gasteiger partial charge in [-0.15, -0.1) is 10.2 Å². The van der Waals surface area contributed by atoms with Crippen LogP contribution in [0, 0.1) is 0 Å². The molecule has 4 rings (SSSR count). The maximum absolute atomic E-state index is 12.4. The lowest BCUT2D eigenvalue weighted by Gasteiger charge is -2.24. The van der Waals surface area contributed by atoms with Gasteiger partial charge in [-0.3, -0.25) is 9.69 Å². The van der Waals surface area contributed by atoms with Crippen molar-refractivity contribution in [1.29, 1.82) is 0 Å². The van der Waals surface area contributed by atoms with Crippen LogP contribution in [0.4, 0.5) is 0 Å². The molecule has 1 N–H and O–H groups in total. The number of carbonyl (C=O) groups is 1.